The predicted octanol–water partition coefficient (Wildman–Crippen LogP) is 3.10. The van der Waals surface area contributed by atoms with Gasteiger partial charge in [-0.15, -0.1) is 10.2 Å². The van der Waals surface area contributed by atoms with Crippen molar-refractivity contribution in [1.82, 2.24) is 10.2 Å². The lowest BCUT2D eigenvalue weighted by molar-refractivity contribution is -0.141. The topological polar surface area (TPSA) is 37.8 Å². The van der Waals surface area contributed by atoms with Gasteiger partial charge in [0, 0.05) is 6.04 Å². The molecule has 0 amide bonds. The zero-order chi connectivity index (χ0) is 12.2. The van der Waals surface area contributed by atoms with Crippen LogP contribution in [0, 0.1) is 0 Å². The Hall–Kier alpha value is -1.33. The molecule has 1 rings (SSSR count). The van der Waals surface area contributed by atoms with E-state index in [2.05, 4.69) is 15.5 Å². The summed E-state index contributed by atoms with van der Waals surface area (Å²) in [6, 6.07) is 2.40. The molecule has 1 N–H and O–H groups in total. The molecule has 3 nitrogen and oxygen atoms in total. The monoisotopic (exact) mass is 233 g/mol. The van der Waals surface area contributed by atoms with Gasteiger partial charge in [0.1, 0.15) is 5.82 Å². The molecule has 0 radical (unpaired) electrons. The molecule has 1 unspecified atom stereocenters. The number of nitrogens with zero attached hydrogens (tertiary/aromatic N) is 2. The Morgan fingerprint density at radius 3 is 2.44 bits per heavy atom. The molecule has 0 bridgehead atoms. The Bertz CT molecular complexity index is 321. The van der Waals surface area contributed by atoms with Gasteiger partial charge < -0.3 is 5.32 Å². The first-order valence-electron chi connectivity index (χ1n) is 5.11. The SMILES string of the molecule is CCCC(C)Nc1ccc(C(F)(F)F)nn1. The number of aromatic nitrogens is 2. The highest BCUT2D eigenvalue weighted by atomic mass is 19.4. The lowest BCUT2D eigenvalue weighted by atomic mass is 10.2. The summed E-state index contributed by atoms with van der Waals surface area (Å²) in [5, 5.41) is 9.59. The molecule has 0 aliphatic heterocycles. The Morgan fingerprint density at radius 2 is 2.00 bits per heavy atom. The second-order valence-electron chi connectivity index (χ2n) is 3.64. The van der Waals surface area contributed by atoms with Crippen molar-refractivity contribution in [3.63, 3.8) is 0 Å². The Labute approximate surface area is 92.1 Å². The van der Waals surface area contributed by atoms with E-state index in [0.717, 1.165) is 18.9 Å². The van der Waals surface area contributed by atoms with Crippen LogP contribution in [0.15, 0.2) is 12.1 Å². The van der Waals surface area contributed by atoms with Gasteiger partial charge in [0.15, 0.2) is 5.69 Å². The number of rotatable bonds is 4. The summed E-state index contributed by atoms with van der Waals surface area (Å²) >= 11 is 0. The van der Waals surface area contributed by atoms with Crippen LogP contribution < -0.4 is 5.32 Å². The summed E-state index contributed by atoms with van der Waals surface area (Å²) in [5.41, 5.74) is -0.971. The van der Waals surface area contributed by atoms with Crippen molar-refractivity contribution in [2.24, 2.45) is 0 Å². The summed E-state index contributed by atoms with van der Waals surface area (Å²) in [4.78, 5) is 0. The van der Waals surface area contributed by atoms with Crippen LogP contribution in [0.2, 0.25) is 0 Å². The molecule has 1 aromatic heterocycles. The Kier molecular flexibility index (Phi) is 4.09. The molecule has 1 aromatic rings. The minimum atomic E-state index is -4.43. The Balaban J connectivity index is 2.65. The summed E-state index contributed by atoms with van der Waals surface area (Å²) in [6.07, 6.45) is -2.49. The van der Waals surface area contributed by atoms with E-state index in [1.807, 2.05) is 13.8 Å². The average Bonchev–Trinajstić information content (AvgIpc) is 2.17. The van der Waals surface area contributed by atoms with Crippen molar-refractivity contribution in [3.8, 4) is 0 Å². The van der Waals surface area contributed by atoms with Crippen molar-refractivity contribution in [3.05, 3.63) is 17.8 Å². The zero-order valence-corrected chi connectivity index (χ0v) is 9.17. The van der Waals surface area contributed by atoms with Gasteiger partial charge in [-0.1, -0.05) is 13.3 Å². The molecule has 6 heteroatoms. The van der Waals surface area contributed by atoms with Crippen LogP contribution >= 0.6 is 0 Å². The molecule has 0 fully saturated rings. The molecular formula is C10H14F3N3. The summed E-state index contributed by atoms with van der Waals surface area (Å²) in [7, 11) is 0. The van der Waals surface area contributed by atoms with E-state index in [0.29, 0.717) is 5.82 Å². The van der Waals surface area contributed by atoms with E-state index in [9.17, 15) is 13.2 Å². The fourth-order valence-corrected chi connectivity index (χ4v) is 1.32. The highest BCUT2D eigenvalue weighted by Crippen LogP contribution is 2.27. The van der Waals surface area contributed by atoms with Crippen LogP contribution in [0.4, 0.5) is 19.0 Å². The van der Waals surface area contributed by atoms with Crippen LogP contribution in [0.25, 0.3) is 0 Å². The van der Waals surface area contributed by atoms with Gasteiger partial charge >= 0.3 is 6.18 Å². The first-order valence-corrected chi connectivity index (χ1v) is 5.11. The van der Waals surface area contributed by atoms with Crippen molar-refractivity contribution < 1.29 is 13.2 Å². The zero-order valence-electron chi connectivity index (χ0n) is 9.17. The second kappa shape index (κ2) is 5.14. The fourth-order valence-electron chi connectivity index (χ4n) is 1.32. The molecule has 16 heavy (non-hydrogen) atoms. The molecule has 90 valence electrons. The number of nitrogens with one attached hydrogen (secondary N) is 1. The summed E-state index contributed by atoms with van der Waals surface area (Å²) in [6.45, 7) is 3.99. The normalized spacial score (nSPS) is 13.6. The molecule has 0 aliphatic carbocycles. The second-order valence-corrected chi connectivity index (χ2v) is 3.64. The van der Waals surface area contributed by atoms with Crippen LogP contribution in [-0.2, 0) is 6.18 Å². The van der Waals surface area contributed by atoms with Crippen LogP contribution in [0.1, 0.15) is 32.4 Å². The van der Waals surface area contributed by atoms with Gasteiger partial charge in [-0.3, -0.25) is 0 Å². The van der Waals surface area contributed by atoms with Crippen LogP contribution in [0.3, 0.4) is 0 Å². The molecule has 0 saturated carbocycles. The fraction of sp³-hybridized carbons (Fsp3) is 0.600. The van der Waals surface area contributed by atoms with Gasteiger partial charge in [0.25, 0.3) is 0 Å². The van der Waals surface area contributed by atoms with Gasteiger partial charge in [0.05, 0.1) is 0 Å². The molecule has 0 spiro atoms. The molecule has 1 heterocycles. The standard InChI is InChI=1S/C10H14F3N3/c1-3-4-7(2)14-9-6-5-8(15-16-9)10(11,12)13/h5-7H,3-4H2,1-2H3,(H,14,16). The smallest absolute Gasteiger partial charge is 0.366 e. The summed E-state index contributed by atoms with van der Waals surface area (Å²) < 4.78 is 36.5. The van der Waals surface area contributed by atoms with Crippen LogP contribution in [0.5, 0.6) is 0 Å². The first kappa shape index (κ1) is 12.7. The number of hydrogen-bond acceptors (Lipinski definition) is 3. The van der Waals surface area contributed by atoms with Crippen molar-refractivity contribution in [1.29, 1.82) is 0 Å². The maximum atomic E-state index is 12.2. The minimum absolute atomic E-state index is 0.177. The molecule has 1 atom stereocenters. The highest BCUT2D eigenvalue weighted by Gasteiger charge is 2.32. The highest BCUT2D eigenvalue weighted by molar-refractivity contribution is 5.34. The van der Waals surface area contributed by atoms with Crippen molar-refractivity contribution in [2.45, 2.75) is 38.9 Å². The third kappa shape index (κ3) is 3.67. The largest absolute Gasteiger partial charge is 0.435 e. The Morgan fingerprint density at radius 1 is 1.31 bits per heavy atom. The third-order valence-corrected chi connectivity index (χ3v) is 2.07. The first-order chi connectivity index (χ1) is 7.43. The van der Waals surface area contributed by atoms with E-state index in [4.69, 9.17) is 0 Å². The van der Waals surface area contributed by atoms with Gasteiger partial charge in [-0.05, 0) is 25.5 Å². The maximum absolute atomic E-state index is 12.2. The van der Waals surface area contributed by atoms with Crippen LogP contribution in [-0.4, -0.2) is 16.2 Å². The van der Waals surface area contributed by atoms with Crippen molar-refractivity contribution in [2.75, 3.05) is 5.32 Å². The van der Waals surface area contributed by atoms with E-state index in [1.165, 1.54) is 6.07 Å². The van der Waals surface area contributed by atoms with Gasteiger partial charge in [-0.2, -0.15) is 13.2 Å². The number of anilines is 1. The number of halogens is 3. The van der Waals surface area contributed by atoms with E-state index in [-0.39, 0.29) is 6.04 Å². The van der Waals surface area contributed by atoms with E-state index in [1.54, 1.807) is 0 Å². The number of alkyl halides is 3. The maximum Gasteiger partial charge on any atom is 0.435 e. The summed E-state index contributed by atoms with van der Waals surface area (Å²) in [5.74, 6) is 0.369. The lowest BCUT2D eigenvalue weighted by Crippen LogP contribution is -2.17. The minimum Gasteiger partial charge on any atom is -0.366 e. The van der Waals surface area contributed by atoms with Crippen molar-refractivity contribution >= 4 is 5.82 Å². The quantitative estimate of drug-likeness (QED) is 0.868. The predicted molar refractivity (Wildman–Crippen MR) is 55.0 cm³/mol. The number of hydrogen-bond donors (Lipinski definition) is 1. The molecule has 0 saturated heterocycles. The third-order valence-electron chi connectivity index (χ3n) is 2.07. The molecule has 0 aliphatic rings. The van der Waals surface area contributed by atoms with Gasteiger partial charge in [0.2, 0.25) is 0 Å². The average molecular weight is 233 g/mol. The molecule has 0 aromatic carbocycles. The van der Waals surface area contributed by atoms with E-state index < -0.39 is 11.9 Å². The molecular weight excluding hydrogens is 219 g/mol. The van der Waals surface area contributed by atoms with E-state index >= 15 is 0 Å². The lowest BCUT2D eigenvalue weighted by Gasteiger charge is -2.13. The van der Waals surface area contributed by atoms with Gasteiger partial charge in [-0.25, -0.2) is 0 Å².